The highest BCUT2D eigenvalue weighted by Gasteiger charge is 2.55. The minimum atomic E-state index is -1.15. The van der Waals surface area contributed by atoms with Crippen LogP contribution in [0.3, 0.4) is 0 Å². The van der Waals surface area contributed by atoms with Gasteiger partial charge >= 0.3 is 5.97 Å². The van der Waals surface area contributed by atoms with Crippen LogP contribution < -0.4 is 0 Å². The minimum Gasteiger partial charge on any atom is -0.462 e. The van der Waals surface area contributed by atoms with E-state index in [4.69, 9.17) is 18.9 Å². The SMILES string of the molecule is CC[C@@H]1OC(=O)C[C@H](O)[C@H](C)[C@H](O[C@@H]2O[C@H](C)C[C@H](N(C)C)[C@@H]2O)[C@H](CC=O)C[C@H](C)C(=O)/C=C/[C@]2(C)O[C@@H]2[C@H]1C. The molecule has 3 rings (SSSR count). The van der Waals surface area contributed by atoms with E-state index in [0.717, 1.165) is 6.29 Å². The van der Waals surface area contributed by atoms with Crippen LogP contribution in [0.4, 0.5) is 0 Å². The lowest BCUT2D eigenvalue weighted by Gasteiger charge is -2.44. The van der Waals surface area contributed by atoms with Crippen molar-refractivity contribution in [1.29, 1.82) is 0 Å². The van der Waals surface area contributed by atoms with E-state index < -0.39 is 60.0 Å². The number of aldehydes is 1. The number of aliphatic hydroxyl groups excluding tert-OH is 2. The number of aliphatic hydroxyl groups is 2. The molecule has 0 amide bonds. The molecule has 0 aromatic rings. The van der Waals surface area contributed by atoms with Crippen LogP contribution in [0, 0.1) is 23.7 Å². The number of hydrogen-bond acceptors (Lipinski definition) is 10. The second-order valence-electron chi connectivity index (χ2n) is 12.9. The molecule has 0 spiro atoms. The summed E-state index contributed by atoms with van der Waals surface area (Å²) in [5.41, 5.74) is -0.637. The summed E-state index contributed by atoms with van der Waals surface area (Å²) in [6.07, 6.45) is 0.627. The zero-order valence-corrected chi connectivity index (χ0v) is 25.9. The van der Waals surface area contributed by atoms with Crippen LogP contribution in [0.5, 0.6) is 0 Å². The summed E-state index contributed by atoms with van der Waals surface area (Å²) in [7, 11) is 3.76. The lowest BCUT2D eigenvalue weighted by Crippen LogP contribution is -2.56. The van der Waals surface area contributed by atoms with Crippen molar-refractivity contribution in [2.75, 3.05) is 14.1 Å². The Hall–Kier alpha value is -1.69. The predicted octanol–water partition coefficient (Wildman–Crippen LogP) is 2.67. The number of nitrogens with zero attached hydrogens (tertiary/aromatic N) is 1. The summed E-state index contributed by atoms with van der Waals surface area (Å²) >= 11 is 0. The first-order valence-electron chi connectivity index (χ1n) is 15.1. The van der Waals surface area contributed by atoms with Crippen LogP contribution >= 0.6 is 0 Å². The number of fused-ring (bicyclic) bond motifs is 1. The normalized spacial score (nSPS) is 45.5. The molecule has 0 bridgehead atoms. The van der Waals surface area contributed by atoms with Gasteiger partial charge < -0.3 is 38.9 Å². The van der Waals surface area contributed by atoms with Gasteiger partial charge in [-0.25, -0.2) is 0 Å². The maximum atomic E-state index is 13.2. The molecule has 3 aliphatic rings. The first-order chi connectivity index (χ1) is 19.2. The number of allylic oxidation sites excluding steroid dienone is 1. The van der Waals surface area contributed by atoms with Crippen molar-refractivity contribution in [3.05, 3.63) is 12.2 Å². The maximum absolute atomic E-state index is 13.2. The first-order valence-corrected chi connectivity index (χ1v) is 15.1. The van der Waals surface area contributed by atoms with Gasteiger partial charge in [-0.05, 0) is 65.3 Å². The van der Waals surface area contributed by atoms with Gasteiger partial charge in [0, 0.05) is 30.2 Å². The van der Waals surface area contributed by atoms with Crippen molar-refractivity contribution in [3.8, 4) is 0 Å². The Balaban J connectivity index is 1.95. The second kappa shape index (κ2) is 14.2. The van der Waals surface area contributed by atoms with Crippen molar-refractivity contribution in [2.24, 2.45) is 23.7 Å². The molecule has 0 radical (unpaired) electrons. The van der Waals surface area contributed by atoms with Gasteiger partial charge in [0.05, 0.1) is 30.8 Å². The van der Waals surface area contributed by atoms with Gasteiger partial charge in [0.1, 0.15) is 24.1 Å². The maximum Gasteiger partial charge on any atom is 0.308 e. The predicted molar refractivity (Wildman–Crippen MR) is 152 cm³/mol. The Morgan fingerprint density at radius 2 is 1.80 bits per heavy atom. The Bertz CT molecular complexity index is 941. The van der Waals surface area contributed by atoms with Gasteiger partial charge in [0.25, 0.3) is 0 Å². The monoisotopic (exact) mass is 581 g/mol. The highest BCUT2D eigenvalue weighted by Crippen LogP contribution is 2.45. The van der Waals surface area contributed by atoms with Gasteiger partial charge in [-0.2, -0.15) is 0 Å². The van der Waals surface area contributed by atoms with E-state index in [0.29, 0.717) is 19.3 Å². The molecule has 0 aliphatic carbocycles. The average molecular weight is 582 g/mol. The quantitative estimate of drug-likeness (QED) is 0.274. The summed E-state index contributed by atoms with van der Waals surface area (Å²) in [4.78, 5) is 40.0. The van der Waals surface area contributed by atoms with Crippen molar-refractivity contribution in [2.45, 2.75) is 128 Å². The topological polar surface area (TPSA) is 135 Å². The standard InChI is InChI=1S/C31H51NO9/c1-9-25-20(5)29-31(6,41-29)12-10-23(34)17(2)14-21(11-13-33)28(19(4)24(35)16-26(36)39-25)40-30-27(37)22(32(7)8)15-18(3)38-30/h10,12-13,17-22,24-25,27-30,35,37H,9,11,14-16H2,1-8H3/b12-10+/t17-,18+,19-,20-,21+,22-,24-,25-,27-,28-,29+,30-,31-/m0/s1. The van der Waals surface area contributed by atoms with Gasteiger partial charge in [0.15, 0.2) is 12.1 Å². The van der Waals surface area contributed by atoms with Crippen LogP contribution in [-0.2, 0) is 33.3 Å². The molecular formula is C31H51NO9. The Kier molecular flexibility index (Phi) is 11.7. The number of epoxide rings is 1. The number of carbonyl (C=O) groups is 3. The van der Waals surface area contributed by atoms with E-state index in [1.165, 1.54) is 0 Å². The molecule has 3 heterocycles. The summed E-state index contributed by atoms with van der Waals surface area (Å²) in [5, 5.41) is 22.4. The van der Waals surface area contributed by atoms with Crippen LogP contribution in [0.15, 0.2) is 12.2 Å². The fourth-order valence-corrected chi connectivity index (χ4v) is 6.50. The van der Waals surface area contributed by atoms with Crippen molar-refractivity contribution >= 4 is 18.0 Å². The average Bonchev–Trinajstić information content (AvgIpc) is 3.60. The molecule has 0 aromatic heterocycles. The van der Waals surface area contributed by atoms with Crippen molar-refractivity contribution < 1.29 is 43.5 Å². The number of hydrogen-bond donors (Lipinski definition) is 2. The van der Waals surface area contributed by atoms with E-state index in [1.54, 1.807) is 19.1 Å². The van der Waals surface area contributed by atoms with Gasteiger partial charge in [-0.3, -0.25) is 9.59 Å². The molecule has 10 heteroatoms. The smallest absolute Gasteiger partial charge is 0.308 e. The summed E-state index contributed by atoms with van der Waals surface area (Å²) in [6.45, 7) is 11.3. The van der Waals surface area contributed by atoms with E-state index >= 15 is 0 Å². The van der Waals surface area contributed by atoms with E-state index in [9.17, 15) is 24.6 Å². The number of ether oxygens (including phenoxy) is 4. The largest absolute Gasteiger partial charge is 0.462 e. The number of carbonyl (C=O) groups excluding carboxylic acids is 3. The van der Waals surface area contributed by atoms with Crippen molar-refractivity contribution in [1.82, 2.24) is 4.90 Å². The molecule has 2 fully saturated rings. The molecule has 2 saturated heterocycles. The molecule has 0 aromatic carbocycles. The molecule has 0 saturated carbocycles. The Morgan fingerprint density at radius 3 is 2.41 bits per heavy atom. The molecule has 3 aliphatic heterocycles. The molecule has 10 nitrogen and oxygen atoms in total. The molecule has 41 heavy (non-hydrogen) atoms. The van der Waals surface area contributed by atoms with Gasteiger partial charge in [-0.15, -0.1) is 0 Å². The van der Waals surface area contributed by atoms with E-state index in [2.05, 4.69) is 0 Å². The van der Waals surface area contributed by atoms with Crippen LogP contribution in [-0.4, -0.2) is 102 Å². The molecule has 2 N–H and O–H groups in total. The van der Waals surface area contributed by atoms with Crippen molar-refractivity contribution in [3.63, 3.8) is 0 Å². The second-order valence-corrected chi connectivity index (χ2v) is 12.9. The van der Waals surface area contributed by atoms with Gasteiger partial charge in [-0.1, -0.05) is 27.7 Å². The van der Waals surface area contributed by atoms with Crippen LogP contribution in [0.2, 0.25) is 0 Å². The number of rotatable bonds is 6. The van der Waals surface area contributed by atoms with Crippen LogP contribution in [0.1, 0.15) is 73.6 Å². The fraction of sp³-hybridized carbons (Fsp3) is 0.839. The van der Waals surface area contributed by atoms with Crippen LogP contribution in [0.25, 0.3) is 0 Å². The van der Waals surface area contributed by atoms with E-state index in [-0.39, 0.29) is 42.8 Å². The lowest BCUT2D eigenvalue weighted by atomic mass is 9.79. The molecule has 0 unspecified atom stereocenters. The highest BCUT2D eigenvalue weighted by molar-refractivity contribution is 5.91. The molecule has 13 atom stereocenters. The number of ketones is 1. The third kappa shape index (κ3) is 8.24. The summed E-state index contributed by atoms with van der Waals surface area (Å²) < 4.78 is 24.2. The third-order valence-electron chi connectivity index (χ3n) is 9.29. The summed E-state index contributed by atoms with van der Waals surface area (Å²) in [5.74, 6) is -2.32. The molecular weight excluding hydrogens is 530 g/mol. The zero-order valence-electron chi connectivity index (χ0n) is 25.9. The van der Waals surface area contributed by atoms with Gasteiger partial charge in [0.2, 0.25) is 0 Å². The Labute approximate surface area is 244 Å². The minimum absolute atomic E-state index is 0.0707. The molecule has 234 valence electrons. The number of cyclic esters (lactones) is 1. The lowest BCUT2D eigenvalue weighted by molar-refractivity contribution is -0.283. The number of likely N-dealkylation sites (N-methyl/N-ethyl adjacent to an activating group) is 1. The fourth-order valence-electron chi connectivity index (χ4n) is 6.50. The highest BCUT2D eigenvalue weighted by atomic mass is 16.7. The Morgan fingerprint density at radius 1 is 1.12 bits per heavy atom. The first kappa shape index (κ1) is 33.8. The number of esters is 1. The third-order valence-corrected chi connectivity index (χ3v) is 9.29. The zero-order chi connectivity index (χ0) is 30.6. The van der Waals surface area contributed by atoms with E-state index in [1.807, 2.05) is 53.6 Å². The summed E-state index contributed by atoms with van der Waals surface area (Å²) in [6, 6.07) is -0.219.